The minimum Gasteiger partial charge on any atom is -0.354 e. The second-order valence-corrected chi connectivity index (χ2v) is 9.26. The normalized spacial score (nSPS) is 15.8. The van der Waals surface area contributed by atoms with Gasteiger partial charge in [0.05, 0.1) is 11.9 Å². The Balaban J connectivity index is 2.15. The van der Waals surface area contributed by atoms with Crippen LogP contribution in [0.25, 0.3) is 0 Å². The Labute approximate surface area is 163 Å². The zero-order valence-corrected chi connectivity index (χ0v) is 17.7. The second-order valence-electron chi connectivity index (χ2n) is 7.40. The minimum atomic E-state index is -3.59. The highest BCUT2D eigenvalue weighted by Gasteiger charge is 2.31. The first-order chi connectivity index (χ1) is 12.7. The van der Waals surface area contributed by atoms with Crippen LogP contribution in [0.1, 0.15) is 56.6 Å². The number of carbonyl (C=O) groups is 1. The minimum absolute atomic E-state index is 0.238. The number of anilines is 1. The van der Waals surface area contributed by atoms with E-state index in [0.717, 1.165) is 36.6 Å². The zero-order chi connectivity index (χ0) is 20.0. The molecule has 0 saturated carbocycles. The summed E-state index contributed by atoms with van der Waals surface area (Å²) < 4.78 is 26.2. The number of hydrogen-bond donors (Lipinski definition) is 1. The van der Waals surface area contributed by atoms with E-state index in [1.165, 1.54) is 22.7 Å². The van der Waals surface area contributed by atoms with Crippen molar-refractivity contribution in [2.24, 2.45) is 0 Å². The monoisotopic (exact) mass is 392 g/mol. The van der Waals surface area contributed by atoms with E-state index in [2.05, 4.69) is 11.4 Å². The van der Waals surface area contributed by atoms with Crippen LogP contribution < -0.4 is 9.62 Å². The van der Waals surface area contributed by atoms with Crippen molar-refractivity contribution in [2.45, 2.75) is 65.3 Å². The van der Waals surface area contributed by atoms with Gasteiger partial charge >= 0.3 is 0 Å². The van der Waals surface area contributed by atoms with Crippen molar-refractivity contribution in [3.05, 3.63) is 41.0 Å². The van der Waals surface area contributed by atoms with Gasteiger partial charge in [-0.25, -0.2) is 8.42 Å². The fourth-order valence-corrected chi connectivity index (χ4v) is 4.72. The van der Waals surface area contributed by atoms with Gasteiger partial charge in [0.15, 0.2) is 0 Å². The molecule has 5 nitrogen and oxygen atoms in total. The van der Waals surface area contributed by atoms with Crippen LogP contribution in [0.3, 0.4) is 0 Å². The van der Waals surface area contributed by atoms with Gasteiger partial charge in [0, 0.05) is 6.54 Å². The molecule has 1 atom stereocenters. The smallest absolute Gasteiger partial charge is 0.243 e. The Hall–Kier alpha value is -1.82. The lowest BCUT2D eigenvalue weighted by Crippen LogP contribution is -2.49. The number of nitrogens with zero attached hydrogens (tertiary/aromatic N) is 1. The highest BCUT2D eigenvalue weighted by atomic mass is 32.2. The fourth-order valence-electron chi connectivity index (χ4n) is 3.52. The van der Waals surface area contributed by atoms with Crippen molar-refractivity contribution in [3.63, 3.8) is 0 Å². The molecule has 0 spiro atoms. The molecule has 1 N–H and O–H groups in total. The van der Waals surface area contributed by atoms with Crippen molar-refractivity contribution in [2.75, 3.05) is 17.1 Å². The van der Waals surface area contributed by atoms with E-state index in [4.69, 9.17) is 0 Å². The van der Waals surface area contributed by atoms with E-state index in [0.29, 0.717) is 18.7 Å². The Bertz CT molecular complexity index is 800. The number of nitrogens with one attached hydrogen (secondary N) is 1. The molecule has 1 amide bonds. The number of aryl methyl sites for hydroxylation is 2. The van der Waals surface area contributed by atoms with Crippen molar-refractivity contribution < 1.29 is 13.2 Å². The van der Waals surface area contributed by atoms with E-state index in [9.17, 15) is 13.2 Å². The third-order valence-electron chi connectivity index (χ3n) is 5.21. The van der Waals surface area contributed by atoms with Gasteiger partial charge in [0.25, 0.3) is 0 Å². The van der Waals surface area contributed by atoms with Crippen molar-refractivity contribution >= 4 is 21.6 Å². The maximum Gasteiger partial charge on any atom is 0.243 e. The first kappa shape index (κ1) is 21.5. The van der Waals surface area contributed by atoms with Crippen molar-refractivity contribution in [1.29, 1.82) is 0 Å². The highest BCUT2D eigenvalue weighted by Crippen LogP contribution is 2.25. The molecule has 27 heavy (non-hydrogen) atoms. The molecule has 0 saturated heterocycles. The molecule has 2 rings (SSSR count). The molecule has 0 aliphatic heterocycles. The van der Waals surface area contributed by atoms with Crippen LogP contribution in [-0.2, 0) is 14.8 Å². The fraction of sp³-hybridized carbons (Fsp3) is 0.571. The van der Waals surface area contributed by atoms with E-state index in [1.54, 1.807) is 6.07 Å². The van der Waals surface area contributed by atoms with Gasteiger partial charge in [0.2, 0.25) is 15.9 Å². The number of rotatable bonds is 8. The quantitative estimate of drug-likeness (QED) is 0.683. The van der Waals surface area contributed by atoms with Gasteiger partial charge in [-0.15, -0.1) is 0 Å². The number of amides is 1. The van der Waals surface area contributed by atoms with Crippen LogP contribution >= 0.6 is 0 Å². The summed E-state index contributed by atoms with van der Waals surface area (Å²) in [5.41, 5.74) is 4.02. The Morgan fingerprint density at radius 3 is 2.52 bits per heavy atom. The average molecular weight is 393 g/mol. The summed E-state index contributed by atoms with van der Waals surface area (Å²) in [6.45, 7) is 6.31. The van der Waals surface area contributed by atoms with Gasteiger partial charge in [-0.2, -0.15) is 0 Å². The summed E-state index contributed by atoms with van der Waals surface area (Å²) in [6, 6.07) is 4.75. The number of allylic oxidation sites excluding steroid dienone is 1. The van der Waals surface area contributed by atoms with Crippen LogP contribution in [0.15, 0.2) is 29.8 Å². The first-order valence-electron chi connectivity index (χ1n) is 9.76. The second kappa shape index (κ2) is 9.40. The molecule has 0 unspecified atom stereocenters. The molecule has 1 aromatic carbocycles. The van der Waals surface area contributed by atoms with E-state index < -0.39 is 16.1 Å². The largest absolute Gasteiger partial charge is 0.354 e. The molecule has 0 bridgehead atoms. The predicted octanol–water partition coefficient (Wildman–Crippen LogP) is 3.85. The van der Waals surface area contributed by atoms with Crippen LogP contribution in [0.4, 0.5) is 5.69 Å². The lowest BCUT2D eigenvalue weighted by atomic mass is 9.97. The zero-order valence-electron chi connectivity index (χ0n) is 16.9. The average Bonchev–Trinajstić information content (AvgIpc) is 2.62. The third-order valence-corrected chi connectivity index (χ3v) is 6.38. The number of carbonyl (C=O) groups excluding carboxylic acids is 1. The molecule has 6 heteroatoms. The molecule has 0 heterocycles. The van der Waals surface area contributed by atoms with E-state index >= 15 is 0 Å². The van der Waals surface area contributed by atoms with Crippen molar-refractivity contribution in [1.82, 2.24) is 5.32 Å². The topological polar surface area (TPSA) is 66.5 Å². The maximum atomic E-state index is 12.8. The van der Waals surface area contributed by atoms with Crippen molar-refractivity contribution in [3.8, 4) is 0 Å². The number of hydrogen-bond acceptors (Lipinski definition) is 3. The Kier molecular flexibility index (Phi) is 7.48. The van der Waals surface area contributed by atoms with Gasteiger partial charge in [-0.3, -0.25) is 9.10 Å². The molecule has 1 aromatic rings. The summed E-state index contributed by atoms with van der Waals surface area (Å²) in [4.78, 5) is 12.8. The first-order valence-corrected chi connectivity index (χ1v) is 11.6. The van der Waals surface area contributed by atoms with Crippen LogP contribution in [-0.4, -0.2) is 33.2 Å². The lowest BCUT2D eigenvalue weighted by Gasteiger charge is -2.30. The molecular formula is C21H32N2O3S. The van der Waals surface area contributed by atoms with Gasteiger partial charge in [-0.1, -0.05) is 24.6 Å². The highest BCUT2D eigenvalue weighted by molar-refractivity contribution is 7.92. The Morgan fingerprint density at radius 1 is 1.22 bits per heavy atom. The van der Waals surface area contributed by atoms with Crippen LogP contribution in [0, 0.1) is 13.8 Å². The molecular weight excluding hydrogens is 360 g/mol. The number of benzene rings is 1. The third kappa shape index (κ3) is 5.83. The standard InChI is InChI=1S/C21H32N2O3S/c1-5-20(21(24)22-14-13-18-9-7-6-8-10-18)23(27(4,25)26)19-12-11-16(2)17(3)15-19/h9,11-12,15,20H,5-8,10,13-14H2,1-4H3,(H,22,24)/t20-/m0/s1. The maximum absolute atomic E-state index is 12.8. The SMILES string of the molecule is CC[C@@H](C(=O)NCCC1=CCCCC1)N(c1ccc(C)c(C)c1)S(C)(=O)=O. The van der Waals surface area contributed by atoms with Gasteiger partial charge < -0.3 is 5.32 Å². The number of sulfonamides is 1. The Morgan fingerprint density at radius 2 is 1.96 bits per heavy atom. The molecule has 1 aliphatic carbocycles. The van der Waals surface area contributed by atoms with Gasteiger partial charge in [-0.05, 0) is 75.6 Å². The summed E-state index contributed by atoms with van der Waals surface area (Å²) >= 11 is 0. The molecule has 0 radical (unpaired) electrons. The summed E-state index contributed by atoms with van der Waals surface area (Å²) in [6.07, 6.45) is 9.36. The molecule has 150 valence electrons. The summed E-state index contributed by atoms with van der Waals surface area (Å²) in [5, 5.41) is 2.94. The molecule has 0 aromatic heterocycles. The van der Waals surface area contributed by atoms with E-state index in [1.807, 2.05) is 32.9 Å². The molecule has 1 aliphatic rings. The molecule has 0 fully saturated rings. The van der Waals surface area contributed by atoms with Crippen LogP contribution in [0.5, 0.6) is 0 Å². The summed E-state index contributed by atoms with van der Waals surface area (Å²) in [7, 11) is -3.59. The lowest BCUT2D eigenvalue weighted by molar-refractivity contribution is -0.122. The van der Waals surface area contributed by atoms with Crippen LogP contribution in [0.2, 0.25) is 0 Å². The summed E-state index contributed by atoms with van der Waals surface area (Å²) in [5.74, 6) is -0.238. The predicted molar refractivity (Wildman–Crippen MR) is 111 cm³/mol. The van der Waals surface area contributed by atoms with Gasteiger partial charge in [0.1, 0.15) is 6.04 Å². The van der Waals surface area contributed by atoms with E-state index in [-0.39, 0.29) is 5.91 Å².